The largest absolute Gasteiger partial charge is 0.313 e. The van der Waals surface area contributed by atoms with Crippen LogP contribution in [0.1, 0.15) is 13.3 Å². The molecule has 1 N–H and O–H groups in total. The Morgan fingerprint density at radius 3 is 3.11 bits per heavy atom. The summed E-state index contributed by atoms with van der Waals surface area (Å²) >= 11 is 2.06. The third-order valence-electron chi connectivity index (χ3n) is 1.33. The van der Waals surface area contributed by atoms with Gasteiger partial charge in [-0.2, -0.15) is 11.8 Å². The van der Waals surface area contributed by atoms with Crippen LogP contribution in [0.4, 0.5) is 0 Å². The van der Waals surface area contributed by atoms with E-state index in [1.165, 1.54) is 24.5 Å². The molecule has 1 unspecified atom stereocenters. The maximum atomic E-state index is 3.42. The fourth-order valence-electron chi connectivity index (χ4n) is 0.842. The maximum absolute atomic E-state index is 3.42. The van der Waals surface area contributed by atoms with Gasteiger partial charge in [0.25, 0.3) is 0 Å². The second kappa shape index (κ2) is 5.39. The Hall–Kier alpha value is 0.600. The first-order chi connectivity index (χ1) is 3.89. The molecule has 0 aromatic rings. The molecule has 1 aliphatic heterocycles. The first kappa shape index (κ1) is 9.60. The molecule has 1 fully saturated rings. The fourth-order valence-corrected chi connectivity index (χ4v) is 1.83. The van der Waals surface area contributed by atoms with Crippen LogP contribution in [0.25, 0.3) is 0 Å². The lowest BCUT2D eigenvalue weighted by Gasteiger charge is -2.05. The molecule has 0 spiro atoms. The standard InChI is InChI=1S/C6H13NS.ClH/c1-6-5-8-4-2-3-7-6;/h6-7H,2-5H2,1H3;1H. The Morgan fingerprint density at radius 2 is 2.33 bits per heavy atom. The molecule has 1 rings (SSSR count). The highest BCUT2D eigenvalue weighted by atomic mass is 35.5. The molecular weight excluding hydrogens is 154 g/mol. The van der Waals surface area contributed by atoms with Gasteiger partial charge in [0.2, 0.25) is 0 Å². The molecule has 1 nitrogen and oxygen atoms in total. The molecule has 0 aromatic heterocycles. The minimum absolute atomic E-state index is 0. The van der Waals surface area contributed by atoms with Gasteiger partial charge in [-0.05, 0) is 25.6 Å². The van der Waals surface area contributed by atoms with Gasteiger partial charge in [0, 0.05) is 11.8 Å². The zero-order valence-electron chi connectivity index (χ0n) is 5.72. The Labute approximate surface area is 67.4 Å². The van der Waals surface area contributed by atoms with E-state index in [1.54, 1.807) is 0 Å². The van der Waals surface area contributed by atoms with Gasteiger partial charge in [-0.25, -0.2) is 0 Å². The molecule has 9 heavy (non-hydrogen) atoms. The van der Waals surface area contributed by atoms with Gasteiger partial charge in [0.1, 0.15) is 0 Å². The van der Waals surface area contributed by atoms with Gasteiger partial charge >= 0.3 is 0 Å². The Kier molecular flexibility index (Phi) is 5.75. The summed E-state index contributed by atoms with van der Waals surface area (Å²) in [5.41, 5.74) is 0. The molecule has 3 heteroatoms. The predicted molar refractivity (Wildman–Crippen MR) is 46.7 cm³/mol. The van der Waals surface area contributed by atoms with Crippen LogP contribution in [0.3, 0.4) is 0 Å². The molecule has 1 aliphatic rings. The third kappa shape index (κ3) is 4.06. The predicted octanol–water partition coefficient (Wildman–Crippen LogP) is 1.52. The molecule has 0 saturated carbocycles. The van der Waals surface area contributed by atoms with Crippen molar-refractivity contribution >= 4 is 24.2 Å². The topological polar surface area (TPSA) is 12.0 Å². The van der Waals surface area contributed by atoms with Gasteiger partial charge in [0.05, 0.1) is 0 Å². The average Bonchev–Trinajstić information content (AvgIpc) is 1.94. The van der Waals surface area contributed by atoms with Gasteiger partial charge in [-0.15, -0.1) is 12.4 Å². The summed E-state index contributed by atoms with van der Waals surface area (Å²) in [6.07, 6.45) is 1.34. The van der Waals surface area contributed by atoms with Crippen LogP contribution in [0.15, 0.2) is 0 Å². The first-order valence-electron chi connectivity index (χ1n) is 3.21. The molecule has 0 amide bonds. The number of thioether (sulfide) groups is 1. The molecule has 1 saturated heterocycles. The summed E-state index contributed by atoms with van der Waals surface area (Å²) in [5, 5.41) is 3.42. The van der Waals surface area contributed by atoms with E-state index in [0.717, 1.165) is 6.04 Å². The van der Waals surface area contributed by atoms with Crippen LogP contribution >= 0.6 is 24.2 Å². The van der Waals surface area contributed by atoms with E-state index in [4.69, 9.17) is 0 Å². The SMILES string of the molecule is CC1CSCCCN1.Cl. The van der Waals surface area contributed by atoms with Crippen LogP contribution < -0.4 is 5.32 Å². The minimum atomic E-state index is 0. The van der Waals surface area contributed by atoms with Crippen molar-refractivity contribution in [3.05, 3.63) is 0 Å². The van der Waals surface area contributed by atoms with Crippen molar-refractivity contribution in [2.24, 2.45) is 0 Å². The maximum Gasteiger partial charge on any atom is 0.0129 e. The van der Waals surface area contributed by atoms with Crippen LogP contribution in [0.2, 0.25) is 0 Å². The van der Waals surface area contributed by atoms with Crippen molar-refractivity contribution in [3.63, 3.8) is 0 Å². The van der Waals surface area contributed by atoms with Crippen molar-refractivity contribution in [3.8, 4) is 0 Å². The molecule has 1 heterocycles. The highest BCUT2D eigenvalue weighted by Crippen LogP contribution is 2.07. The molecule has 0 radical (unpaired) electrons. The van der Waals surface area contributed by atoms with Crippen molar-refractivity contribution < 1.29 is 0 Å². The van der Waals surface area contributed by atoms with Crippen molar-refractivity contribution in [2.45, 2.75) is 19.4 Å². The highest BCUT2D eigenvalue weighted by Gasteiger charge is 2.03. The van der Waals surface area contributed by atoms with E-state index >= 15 is 0 Å². The lowest BCUT2D eigenvalue weighted by atomic mass is 10.4. The Balaban J connectivity index is 0.000000640. The van der Waals surface area contributed by atoms with E-state index in [0.29, 0.717) is 0 Å². The summed E-state index contributed by atoms with van der Waals surface area (Å²) in [7, 11) is 0. The fraction of sp³-hybridized carbons (Fsp3) is 1.00. The number of nitrogens with one attached hydrogen (secondary N) is 1. The van der Waals surface area contributed by atoms with E-state index in [9.17, 15) is 0 Å². The van der Waals surface area contributed by atoms with Crippen LogP contribution in [0.5, 0.6) is 0 Å². The summed E-state index contributed by atoms with van der Waals surface area (Å²) in [4.78, 5) is 0. The van der Waals surface area contributed by atoms with Crippen molar-refractivity contribution in [1.29, 1.82) is 0 Å². The molecule has 1 atom stereocenters. The van der Waals surface area contributed by atoms with Crippen molar-refractivity contribution in [2.75, 3.05) is 18.1 Å². The van der Waals surface area contributed by atoms with Gasteiger partial charge in [0.15, 0.2) is 0 Å². The van der Waals surface area contributed by atoms with Crippen molar-refractivity contribution in [1.82, 2.24) is 5.32 Å². The molecule has 0 aromatic carbocycles. The summed E-state index contributed by atoms with van der Waals surface area (Å²) in [6, 6.07) is 0.738. The normalized spacial score (nSPS) is 28.3. The molecule has 0 bridgehead atoms. The highest BCUT2D eigenvalue weighted by molar-refractivity contribution is 7.99. The molecular formula is C6H14ClNS. The zero-order chi connectivity index (χ0) is 5.82. The number of rotatable bonds is 0. The first-order valence-corrected chi connectivity index (χ1v) is 4.36. The second-order valence-electron chi connectivity index (χ2n) is 2.28. The Morgan fingerprint density at radius 1 is 1.56 bits per heavy atom. The van der Waals surface area contributed by atoms with Gasteiger partial charge < -0.3 is 5.32 Å². The zero-order valence-corrected chi connectivity index (χ0v) is 7.36. The van der Waals surface area contributed by atoms with Crippen LogP contribution in [-0.2, 0) is 0 Å². The molecule has 56 valence electrons. The average molecular weight is 168 g/mol. The monoisotopic (exact) mass is 167 g/mol. The van der Waals surface area contributed by atoms with E-state index in [2.05, 4.69) is 24.0 Å². The van der Waals surface area contributed by atoms with E-state index < -0.39 is 0 Å². The Bertz CT molecular complexity index is 62.1. The lowest BCUT2D eigenvalue weighted by molar-refractivity contribution is 0.603. The quantitative estimate of drug-likeness (QED) is 0.588. The van der Waals surface area contributed by atoms with Gasteiger partial charge in [-0.1, -0.05) is 0 Å². The van der Waals surface area contributed by atoms with E-state index in [-0.39, 0.29) is 12.4 Å². The van der Waals surface area contributed by atoms with Gasteiger partial charge in [-0.3, -0.25) is 0 Å². The second-order valence-corrected chi connectivity index (χ2v) is 3.43. The number of halogens is 1. The number of hydrogen-bond donors (Lipinski definition) is 1. The summed E-state index contributed by atoms with van der Waals surface area (Å²) < 4.78 is 0. The smallest absolute Gasteiger partial charge is 0.0129 e. The minimum Gasteiger partial charge on any atom is -0.313 e. The summed E-state index contributed by atoms with van der Waals surface area (Å²) in [6.45, 7) is 3.46. The summed E-state index contributed by atoms with van der Waals surface area (Å²) in [5.74, 6) is 2.64. The van der Waals surface area contributed by atoms with E-state index in [1.807, 2.05) is 0 Å². The number of hydrogen-bond acceptors (Lipinski definition) is 2. The third-order valence-corrected chi connectivity index (χ3v) is 2.64. The van der Waals surface area contributed by atoms with Crippen LogP contribution in [-0.4, -0.2) is 24.1 Å². The lowest BCUT2D eigenvalue weighted by Crippen LogP contribution is -2.26. The molecule has 0 aliphatic carbocycles. The van der Waals surface area contributed by atoms with Crippen LogP contribution in [0, 0.1) is 0 Å².